The van der Waals surface area contributed by atoms with Gasteiger partial charge >= 0.3 is 0 Å². The lowest BCUT2D eigenvalue weighted by Gasteiger charge is -2.26. The van der Waals surface area contributed by atoms with Gasteiger partial charge in [-0.2, -0.15) is 0 Å². The number of aliphatic hydroxyl groups is 1. The topological polar surface area (TPSA) is 57.5 Å². The molecule has 0 heterocycles. The summed E-state index contributed by atoms with van der Waals surface area (Å²) in [6.45, 7) is 2.59. The molecule has 0 spiro atoms. The normalized spacial score (nSPS) is 12.8. The summed E-state index contributed by atoms with van der Waals surface area (Å²) in [5, 5.41) is 16.1. The van der Waals surface area contributed by atoms with E-state index in [2.05, 4.69) is 21.1 Å². The van der Waals surface area contributed by atoms with Gasteiger partial charge in [0.15, 0.2) is 0 Å². The summed E-state index contributed by atoms with van der Waals surface area (Å²) in [5.41, 5.74) is 0. The molecule has 0 bridgehead atoms. The Hall–Kier alpha value is -0.610. The summed E-state index contributed by atoms with van der Waals surface area (Å²) >= 11 is 0. The second-order valence-electron chi connectivity index (χ2n) is 3.64. The third kappa shape index (κ3) is 16.2. The lowest BCUT2D eigenvalue weighted by Crippen LogP contribution is -2.41. The van der Waals surface area contributed by atoms with E-state index in [0.717, 1.165) is 17.4 Å². The number of rotatable bonds is 3. The van der Waals surface area contributed by atoms with Gasteiger partial charge < -0.3 is 14.7 Å². The standard InChI is InChI=1S/C7H18NO.CH2O2/c1-5-7(9)6-8(2,3)4;2-1-3/h7,9H,5-6H2,1-4H3;1H,(H,2,3)/q+1;. The summed E-state index contributed by atoms with van der Waals surface area (Å²) in [4.78, 5) is 8.36. The van der Waals surface area contributed by atoms with E-state index in [1.807, 2.05) is 6.92 Å². The minimum Gasteiger partial charge on any atom is -0.483 e. The summed E-state index contributed by atoms with van der Waals surface area (Å²) in [5.74, 6) is 0. The Balaban J connectivity index is 0. The van der Waals surface area contributed by atoms with Crippen LogP contribution in [0, 0.1) is 0 Å². The minimum atomic E-state index is -0.250. The predicted molar refractivity (Wildman–Crippen MR) is 47.9 cm³/mol. The second kappa shape index (κ2) is 7.06. The maximum atomic E-state index is 9.18. The largest absolute Gasteiger partial charge is 0.483 e. The Labute approximate surface area is 74.0 Å². The van der Waals surface area contributed by atoms with Crippen LogP contribution in [0.15, 0.2) is 0 Å². The number of carboxylic acid groups (broad SMARTS) is 1. The predicted octanol–water partition coefficient (Wildman–Crippen LogP) is 0.164. The van der Waals surface area contributed by atoms with Crippen LogP contribution in [0.25, 0.3) is 0 Å². The molecule has 0 fully saturated rings. The molecule has 74 valence electrons. The van der Waals surface area contributed by atoms with Crippen LogP contribution in [0.5, 0.6) is 0 Å². The molecule has 0 amide bonds. The molecule has 4 heteroatoms. The zero-order valence-corrected chi connectivity index (χ0v) is 8.32. The fourth-order valence-electron chi connectivity index (χ4n) is 0.761. The SMILES string of the molecule is CCC(O)C[N+](C)(C)C.O=CO. The van der Waals surface area contributed by atoms with E-state index in [1.165, 1.54) is 0 Å². The number of nitrogens with zero attached hydrogens (tertiary/aromatic N) is 1. The highest BCUT2D eigenvalue weighted by Gasteiger charge is 2.12. The first kappa shape index (κ1) is 13.9. The van der Waals surface area contributed by atoms with Gasteiger partial charge in [-0.3, -0.25) is 4.79 Å². The van der Waals surface area contributed by atoms with Gasteiger partial charge in [0, 0.05) is 0 Å². The number of likely N-dealkylation sites (N-methyl/N-ethyl adjacent to an activating group) is 1. The van der Waals surface area contributed by atoms with E-state index in [-0.39, 0.29) is 12.6 Å². The molecule has 0 aromatic rings. The third-order valence-electron chi connectivity index (χ3n) is 1.23. The van der Waals surface area contributed by atoms with Crippen molar-refractivity contribution in [3.8, 4) is 0 Å². The van der Waals surface area contributed by atoms with Crippen molar-refractivity contribution in [1.82, 2.24) is 0 Å². The van der Waals surface area contributed by atoms with Crippen molar-refractivity contribution in [2.45, 2.75) is 19.4 Å². The highest BCUT2D eigenvalue weighted by atomic mass is 16.3. The molecule has 0 aromatic heterocycles. The molecule has 0 aliphatic carbocycles. The highest BCUT2D eigenvalue weighted by molar-refractivity contribution is 5.32. The van der Waals surface area contributed by atoms with Crippen molar-refractivity contribution in [3.05, 3.63) is 0 Å². The average Bonchev–Trinajstić information content (AvgIpc) is 1.86. The van der Waals surface area contributed by atoms with E-state index >= 15 is 0 Å². The van der Waals surface area contributed by atoms with E-state index in [9.17, 15) is 5.11 Å². The molecule has 0 radical (unpaired) electrons. The van der Waals surface area contributed by atoms with Gasteiger partial charge in [-0.25, -0.2) is 0 Å². The number of quaternary nitrogens is 1. The van der Waals surface area contributed by atoms with Crippen LogP contribution in [-0.2, 0) is 4.79 Å². The van der Waals surface area contributed by atoms with Gasteiger partial charge in [0.1, 0.15) is 12.6 Å². The summed E-state index contributed by atoms with van der Waals surface area (Å²) in [7, 11) is 6.25. The monoisotopic (exact) mass is 178 g/mol. The second-order valence-corrected chi connectivity index (χ2v) is 3.64. The molecular formula is C8H20NO3+. The zero-order valence-electron chi connectivity index (χ0n) is 8.32. The molecule has 0 rings (SSSR count). The quantitative estimate of drug-likeness (QED) is 0.478. The first-order valence-electron chi connectivity index (χ1n) is 3.93. The molecular weight excluding hydrogens is 158 g/mol. The van der Waals surface area contributed by atoms with Crippen molar-refractivity contribution in [2.24, 2.45) is 0 Å². The Bertz CT molecular complexity index is 109. The number of aliphatic hydroxyl groups excluding tert-OH is 1. The number of carbonyl (C=O) groups is 1. The summed E-state index contributed by atoms with van der Waals surface area (Å²) < 4.78 is 0.842. The summed E-state index contributed by atoms with van der Waals surface area (Å²) in [6.07, 6.45) is 0.722. The van der Waals surface area contributed by atoms with E-state index < -0.39 is 0 Å². The van der Waals surface area contributed by atoms with Crippen LogP contribution >= 0.6 is 0 Å². The van der Waals surface area contributed by atoms with Gasteiger partial charge in [0.25, 0.3) is 6.47 Å². The van der Waals surface area contributed by atoms with E-state index in [1.54, 1.807) is 0 Å². The van der Waals surface area contributed by atoms with Crippen molar-refractivity contribution in [2.75, 3.05) is 27.7 Å². The van der Waals surface area contributed by atoms with Crippen LogP contribution in [0.3, 0.4) is 0 Å². The maximum Gasteiger partial charge on any atom is 0.290 e. The molecule has 4 nitrogen and oxygen atoms in total. The van der Waals surface area contributed by atoms with Crippen LogP contribution in [0.4, 0.5) is 0 Å². The fraction of sp³-hybridized carbons (Fsp3) is 0.875. The number of hydrogen-bond acceptors (Lipinski definition) is 2. The van der Waals surface area contributed by atoms with E-state index in [0.29, 0.717) is 0 Å². The van der Waals surface area contributed by atoms with Crippen LogP contribution in [0.1, 0.15) is 13.3 Å². The zero-order chi connectivity index (χ0) is 10.2. The number of hydrogen-bond donors (Lipinski definition) is 2. The molecule has 0 aliphatic rings. The molecule has 1 unspecified atom stereocenters. The van der Waals surface area contributed by atoms with Crippen LogP contribution in [0.2, 0.25) is 0 Å². The molecule has 0 saturated carbocycles. The first-order valence-corrected chi connectivity index (χ1v) is 3.93. The molecule has 0 aliphatic heterocycles. The van der Waals surface area contributed by atoms with Crippen molar-refractivity contribution in [1.29, 1.82) is 0 Å². The fourth-order valence-corrected chi connectivity index (χ4v) is 0.761. The lowest BCUT2D eigenvalue weighted by molar-refractivity contribution is -0.873. The molecule has 2 N–H and O–H groups in total. The smallest absolute Gasteiger partial charge is 0.290 e. The maximum absolute atomic E-state index is 9.18. The van der Waals surface area contributed by atoms with Crippen LogP contribution < -0.4 is 0 Å². The Morgan fingerprint density at radius 2 is 1.75 bits per heavy atom. The van der Waals surface area contributed by atoms with Crippen LogP contribution in [-0.4, -0.2) is 55.0 Å². The molecule has 0 saturated heterocycles. The Kier molecular flexibility index (Phi) is 8.21. The Morgan fingerprint density at radius 3 is 1.83 bits per heavy atom. The molecule has 12 heavy (non-hydrogen) atoms. The van der Waals surface area contributed by atoms with Gasteiger partial charge in [-0.1, -0.05) is 6.92 Å². The molecule has 1 atom stereocenters. The molecule has 0 aromatic carbocycles. The summed E-state index contributed by atoms with van der Waals surface area (Å²) in [6, 6.07) is 0. The van der Waals surface area contributed by atoms with Crippen molar-refractivity contribution in [3.63, 3.8) is 0 Å². The van der Waals surface area contributed by atoms with Gasteiger partial charge in [0.05, 0.1) is 21.1 Å². The first-order chi connectivity index (χ1) is 5.37. The van der Waals surface area contributed by atoms with Gasteiger partial charge in [-0.15, -0.1) is 0 Å². The Morgan fingerprint density at radius 1 is 1.42 bits per heavy atom. The van der Waals surface area contributed by atoms with Gasteiger partial charge in [-0.05, 0) is 6.42 Å². The van der Waals surface area contributed by atoms with Crippen molar-refractivity contribution >= 4 is 6.47 Å². The average molecular weight is 178 g/mol. The van der Waals surface area contributed by atoms with Crippen molar-refractivity contribution < 1.29 is 19.5 Å². The third-order valence-corrected chi connectivity index (χ3v) is 1.23. The minimum absolute atomic E-state index is 0.134. The lowest BCUT2D eigenvalue weighted by atomic mass is 10.2. The van der Waals surface area contributed by atoms with E-state index in [4.69, 9.17) is 9.90 Å². The highest BCUT2D eigenvalue weighted by Crippen LogP contribution is 1.97. The van der Waals surface area contributed by atoms with Gasteiger partial charge in [0.2, 0.25) is 0 Å².